The zero-order valence-corrected chi connectivity index (χ0v) is 26.9. The van der Waals surface area contributed by atoms with Gasteiger partial charge in [-0.1, -0.05) is 133 Å². The second-order valence-electron chi connectivity index (χ2n) is 13.2. The summed E-state index contributed by atoms with van der Waals surface area (Å²) in [6, 6.07) is 56.7. The molecule has 2 aromatic heterocycles. The third-order valence-electron chi connectivity index (χ3n) is 10.4. The molecular weight excluding hydrogens is 607 g/mol. The fourth-order valence-electron chi connectivity index (χ4n) is 8.15. The first-order valence-corrected chi connectivity index (χ1v) is 17.0. The van der Waals surface area contributed by atoms with E-state index in [1.807, 2.05) is 42.6 Å². The van der Waals surface area contributed by atoms with Crippen LogP contribution < -0.4 is 0 Å². The second-order valence-corrected chi connectivity index (χ2v) is 13.2. The highest BCUT2D eigenvalue weighted by molar-refractivity contribution is 6.37. The number of rotatable bonds is 3. The van der Waals surface area contributed by atoms with Gasteiger partial charge in [0.05, 0.1) is 11.2 Å². The van der Waals surface area contributed by atoms with Gasteiger partial charge in [0.15, 0.2) is 5.82 Å². The zero-order valence-electron chi connectivity index (χ0n) is 26.9. The molecule has 0 atom stereocenters. The van der Waals surface area contributed by atoms with Crippen molar-refractivity contribution in [3.8, 4) is 33.9 Å². The maximum atomic E-state index is 5.05. The molecule has 0 spiro atoms. The summed E-state index contributed by atoms with van der Waals surface area (Å²) in [5.74, 6) is 0.618. The SMILES string of the molecule is c1ccc(-c2nc(-c3ccc(-c4cc5ccc6cccc7c8cccc9ccc%10cccc(c(c4)c5c67)c%10c98)cn3)nc3ccccc23)cc1. The zero-order chi connectivity index (χ0) is 32.8. The third-order valence-corrected chi connectivity index (χ3v) is 10.4. The van der Waals surface area contributed by atoms with Gasteiger partial charge in [0.1, 0.15) is 5.69 Å². The van der Waals surface area contributed by atoms with Crippen LogP contribution in [0.4, 0.5) is 0 Å². The number of para-hydroxylation sites is 1. The van der Waals surface area contributed by atoms with Crippen molar-refractivity contribution in [3.63, 3.8) is 0 Å². The summed E-state index contributed by atoms with van der Waals surface area (Å²) in [6.45, 7) is 0. The number of aromatic nitrogens is 3. The highest BCUT2D eigenvalue weighted by Gasteiger charge is 2.17. The van der Waals surface area contributed by atoms with Crippen LogP contribution >= 0.6 is 0 Å². The van der Waals surface area contributed by atoms with Crippen molar-refractivity contribution in [2.24, 2.45) is 0 Å². The topological polar surface area (TPSA) is 38.7 Å². The van der Waals surface area contributed by atoms with E-state index in [9.17, 15) is 0 Å². The minimum absolute atomic E-state index is 0.618. The maximum absolute atomic E-state index is 5.05. The van der Waals surface area contributed by atoms with E-state index in [4.69, 9.17) is 15.0 Å². The molecule has 0 aliphatic heterocycles. The lowest BCUT2D eigenvalue weighted by molar-refractivity contribution is 1.18. The Bertz CT molecular complexity index is 3120. The van der Waals surface area contributed by atoms with E-state index in [0.717, 1.165) is 39.0 Å². The summed E-state index contributed by atoms with van der Waals surface area (Å²) in [5, 5.41) is 16.3. The van der Waals surface area contributed by atoms with Crippen molar-refractivity contribution < 1.29 is 0 Å². The Morgan fingerprint density at radius 3 is 1.58 bits per heavy atom. The molecule has 9 aromatic carbocycles. The van der Waals surface area contributed by atoms with Gasteiger partial charge in [-0.2, -0.15) is 0 Å². The van der Waals surface area contributed by atoms with Gasteiger partial charge in [-0.05, 0) is 94.5 Å². The molecule has 0 saturated carbocycles. The average Bonchev–Trinajstić information content (AvgIpc) is 3.19. The molecule has 0 N–H and O–H groups in total. The summed E-state index contributed by atoms with van der Waals surface area (Å²) in [6.07, 6.45) is 1.97. The average molecular weight is 634 g/mol. The largest absolute Gasteiger partial charge is 0.252 e. The van der Waals surface area contributed by atoms with E-state index in [-0.39, 0.29) is 0 Å². The van der Waals surface area contributed by atoms with E-state index in [2.05, 4.69) is 121 Å². The quantitative estimate of drug-likeness (QED) is 0.182. The Labute approximate surface area is 287 Å². The summed E-state index contributed by atoms with van der Waals surface area (Å²) in [5.41, 5.74) is 5.80. The highest BCUT2D eigenvalue weighted by Crippen LogP contribution is 2.44. The van der Waals surface area contributed by atoms with Crippen molar-refractivity contribution in [1.29, 1.82) is 0 Å². The first kappa shape index (κ1) is 27.3. The predicted molar refractivity (Wildman–Crippen MR) is 210 cm³/mol. The van der Waals surface area contributed by atoms with Crippen LogP contribution in [0.15, 0.2) is 164 Å². The normalized spacial score (nSPS) is 12.0. The van der Waals surface area contributed by atoms with Gasteiger partial charge >= 0.3 is 0 Å². The molecule has 0 radical (unpaired) electrons. The smallest absolute Gasteiger partial charge is 0.179 e. The van der Waals surface area contributed by atoms with Gasteiger partial charge in [-0.15, -0.1) is 0 Å². The van der Waals surface area contributed by atoms with Crippen LogP contribution in [-0.4, -0.2) is 15.0 Å². The standard InChI is InChI=1S/C47H27N3/c1-2-9-31(10-3-1)46-38-14-4-5-18-40(38)49-47(50-46)41-24-23-33(27-48-41)34-25-32-22-21-30-12-7-16-36-35-15-6-11-28-19-20-29-13-8-17-37(44(29)42(28)35)39(26-34)45(32)43(30)36/h1-27H. The molecule has 0 fully saturated rings. The third kappa shape index (κ3) is 3.95. The maximum Gasteiger partial charge on any atom is 0.179 e. The van der Waals surface area contributed by atoms with Crippen molar-refractivity contribution >= 4 is 75.5 Å². The van der Waals surface area contributed by atoms with Crippen LogP contribution in [0, 0.1) is 0 Å². The van der Waals surface area contributed by atoms with Gasteiger partial charge < -0.3 is 0 Å². The predicted octanol–water partition coefficient (Wildman–Crippen LogP) is 12.4. The fraction of sp³-hybridized carbons (Fsp3) is 0. The lowest BCUT2D eigenvalue weighted by Crippen LogP contribution is -1.96. The molecule has 50 heavy (non-hydrogen) atoms. The van der Waals surface area contributed by atoms with E-state index in [1.165, 1.54) is 64.6 Å². The summed E-state index contributed by atoms with van der Waals surface area (Å²) < 4.78 is 0. The molecule has 11 rings (SSSR count). The molecule has 11 aromatic rings. The number of benzene rings is 8. The van der Waals surface area contributed by atoms with Gasteiger partial charge in [-0.25, -0.2) is 9.97 Å². The Morgan fingerprint density at radius 2 is 0.920 bits per heavy atom. The molecule has 3 nitrogen and oxygen atoms in total. The molecule has 0 aliphatic rings. The van der Waals surface area contributed by atoms with Crippen LogP contribution in [0.3, 0.4) is 0 Å². The minimum Gasteiger partial charge on any atom is -0.252 e. The van der Waals surface area contributed by atoms with E-state index >= 15 is 0 Å². The lowest BCUT2D eigenvalue weighted by Gasteiger charge is -2.17. The first-order valence-electron chi connectivity index (χ1n) is 17.0. The second kappa shape index (κ2) is 10.4. The molecule has 0 bridgehead atoms. The van der Waals surface area contributed by atoms with Crippen LogP contribution in [0.1, 0.15) is 0 Å². The Morgan fingerprint density at radius 1 is 0.340 bits per heavy atom. The van der Waals surface area contributed by atoms with Crippen LogP contribution in [0.25, 0.3) is 109 Å². The molecule has 0 aliphatic carbocycles. The van der Waals surface area contributed by atoms with Crippen molar-refractivity contribution in [1.82, 2.24) is 15.0 Å². The molecule has 230 valence electrons. The van der Waals surface area contributed by atoms with E-state index in [0.29, 0.717) is 5.82 Å². The van der Waals surface area contributed by atoms with Gasteiger partial charge in [0, 0.05) is 22.7 Å². The molecular formula is C47H27N3. The minimum atomic E-state index is 0.618. The van der Waals surface area contributed by atoms with Gasteiger partial charge in [0.2, 0.25) is 0 Å². The molecule has 3 heteroatoms. The van der Waals surface area contributed by atoms with Crippen LogP contribution in [0.2, 0.25) is 0 Å². The van der Waals surface area contributed by atoms with Crippen LogP contribution in [0.5, 0.6) is 0 Å². The fourth-order valence-corrected chi connectivity index (χ4v) is 8.15. The van der Waals surface area contributed by atoms with Crippen molar-refractivity contribution in [2.45, 2.75) is 0 Å². The molecule has 2 heterocycles. The van der Waals surface area contributed by atoms with Gasteiger partial charge in [0.25, 0.3) is 0 Å². The monoisotopic (exact) mass is 633 g/mol. The molecule has 0 unspecified atom stereocenters. The molecule has 0 amide bonds. The Kier molecular flexibility index (Phi) is 5.67. The Hall–Kier alpha value is -6.71. The highest BCUT2D eigenvalue weighted by atomic mass is 14.9. The number of hydrogen-bond acceptors (Lipinski definition) is 3. The number of fused-ring (bicyclic) bond motifs is 3. The Balaban J connectivity index is 1.16. The number of nitrogens with zero attached hydrogens (tertiary/aromatic N) is 3. The summed E-state index contributed by atoms with van der Waals surface area (Å²) >= 11 is 0. The first-order chi connectivity index (χ1) is 24.8. The van der Waals surface area contributed by atoms with Gasteiger partial charge in [-0.3, -0.25) is 4.98 Å². The van der Waals surface area contributed by atoms with Crippen molar-refractivity contribution in [2.75, 3.05) is 0 Å². The van der Waals surface area contributed by atoms with Crippen LogP contribution in [-0.2, 0) is 0 Å². The van der Waals surface area contributed by atoms with Crippen molar-refractivity contribution in [3.05, 3.63) is 164 Å². The lowest BCUT2D eigenvalue weighted by atomic mass is 9.86. The summed E-state index contributed by atoms with van der Waals surface area (Å²) in [4.78, 5) is 15.0. The molecule has 0 saturated heterocycles. The number of hydrogen-bond donors (Lipinski definition) is 0. The van der Waals surface area contributed by atoms with E-state index in [1.54, 1.807) is 0 Å². The number of pyridine rings is 1. The summed E-state index contributed by atoms with van der Waals surface area (Å²) in [7, 11) is 0. The van der Waals surface area contributed by atoms with E-state index < -0.39 is 0 Å².